The maximum atomic E-state index is 13.0. The predicted octanol–water partition coefficient (Wildman–Crippen LogP) is 1.46. The molecule has 1 aromatic carbocycles. The van der Waals surface area contributed by atoms with Crippen molar-refractivity contribution in [3.63, 3.8) is 0 Å². The highest BCUT2D eigenvalue weighted by molar-refractivity contribution is 7.92. The number of halogens is 1. The molecule has 2 heterocycles. The SMILES string of the molecule is O=C(NCCC1CNCCS1(=O)=O)c1cc(-c2ccc(F)cc2)ns1. The van der Waals surface area contributed by atoms with Crippen LogP contribution in [0.5, 0.6) is 0 Å². The molecule has 1 atom stereocenters. The molecular formula is C16H18FN3O3S2. The quantitative estimate of drug-likeness (QED) is 0.816. The van der Waals surface area contributed by atoms with E-state index in [0.717, 1.165) is 17.1 Å². The van der Waals surface area contributed by atoms with Crippen LogP contribution < -0.4 is 10.6 Å². The largest absolute Gasteiger partial charge is 0.351 e. The van der Waals surface area contributed by atoms with Crippen LogP contribution in [-0.4, -0.2) is 49.3 Å². The first-order valence-electron chi connectivity index (χ1n) is 7.89. The number of sulfone groups is 1. The fourth-order valence-electron chi connectivity index (χ4n) is 2.63. The summed E-state index contributed by atoms with van der Waals surface area (Å²) in [5, 5.41) is 5.34. The Balaban J connectivity index is 1.56. The first kappa shape index (κ1) is 18.0. The lowest BCUT2D eigenvalue weighted by molar-refractivity contribution is 0.0957. The van der Waals surface area contributed by atoms with Gasteiger partial charge >= 0.3 is 0 Å². The predicted molar refractivity (Wildman–Crippen MR) is 94.9 cm³/mol. The van der Waals surface area contributed by atoms with Gasteiger partial charge in [-0.25, -0.2) is 12.8 Å². The molecule has 2 N–H and O–H groups in total. The monoisotopic (exact) mass is 383 g/mol. The number of hydrogen-bond acceptors (Lipinski definition) is 6. The van der Waals surface area contributed by atoms with E-state index < -0.39 is 15.1 Å². The van der Waals surface area contributed by atoms with Crippen molar-refractivity contribution in [3.05, 3.63) is 41.0 Å². The Morgan fingerprint density at radius 1 is 1.36 bits per heavy atom. The van der Waals surface area contributed by atoms with Gasteiger partial charge in [0.05, 0.1) is 16.7 Å². The lowest BCUT2D eigenvalue weighted by Gasteiger charge is -2.23. The van der Waals surface area contributed by atoms with Crippen molar-refractivity contribution in [3.8, 4) is 11.3 Å². The average molecular weight is 383 g/mol. The summed E-state index contributed by atoms with van der Waals surface area (Å²) < 4.78 is 41.0. The molecule has 1 aliphatic rings. The number of carbonyl (C=O) groups is 1. The highest BCUT2D eigenvalue weighted by Gasteiger charge is 2.28. The molecule has 0 radical (unpaired) electrons. The van der Waals surface area contributed by atoms with Gasteiger partial charge in [-0.3, -0.25) is 4.79 Å². The third kappa shape index (κ3) is 4.42. The second-order valence-electron chi connectivity index (χ2n) is 5.82. The Hall–Kier alpha value is -1.84. The fourth-order valence-corrected chi connectivity index (χ4v) is 4.91. The van der Waals surface area contributed by atoms with E-state index in [-0.39, 0.29) is 24.0 Å². The summed E-state index contributed by atoms with van der Waals surface area (Å²) in [7, 11) is -3.08. The number of amides is 1. The standard InChI is InChI=1S/C16H18FN3O3S2/c17-12-3-1-11(2-4-12)14-9-15(24-20-14)16(21)19-6-5-13-10-18-7-8-25(13,22)23/h1-4,9,13,18H,5-8,10H2,(H,19,21). The maximum Gasteiger partial charge on any atom is 0.263 e. The van der Waals surface area contributed by atoms with Crippen LogP contribution in [0.3, 0.4) is 0 Å². The second-order valence-corrected chi connectivity index (χ2v) is 9.03. The number of benzene rings is 1. The van der Waals surface area contributed by atoms with Crippen LogP contribution in [0.15, 0.2) is 30.3 Å². The molecule has 9 heteroatoms. The molecule has 3 rings (SSSR count). The summed E-state index contributed by atoms with van der Waals surface area (Å²) in [6.07, 6.45) is 0.380. The van der Waals surface area contributed by atoms with Gasteiger partial charge in [-0.15, -0.1) is 0 Å². The van der Waals surface area contributed by atoms with Crippen molar-refractivity contribution in [2.45, 2.75) is 11.7 Å². The molecule has 0 spiro atoms. The van der Waals surface area contributed by atoms with E-state index in [2.05, 4.69) is 15.0 Å². The number of carbonyl (C=O) groups excluding carboxylic acids is 1. The van der Waals surface area contributed by atoms with E-state index in [0.29, 0.717) is 30.1 Å². The van der Waals surface area contributed by atoms with Gasteiger partial charge in [0, 0.05) is 25.2 Å². The van der Waals surface area contributed by atoms with Gasteiger partial charge in [-0.1, -0.05) is 0 Å². The number of nitrogens with zero attached hydrogens (tertiary/aromatic N) is 1. The Kier molecular flexibility index (Phi) is 5.45. The van der Waals surface area contributed by atoms with Gasteiger partial charge in [0.2, 0.25) is 0 Å². The van der Waals surface area contributed by atoms with Crippen LogP contribution >= 0.6 is 11.5 Å². The van der Waals surface area contributed by atoms with Gasteiger partial charge in [0.1, 0.15) is 10.7 Å². The third-order valence-corrected chi connectivity index (χ3v) is 7.05. The molecule has 0 bridgehead atoms. The van der Waals surface area contributed by atoms with E-state index in [1.807, 2.05) is 0 Å². The summed E-state index contributed by atoms with van der Waals surface area (Å²) in [6, 6.07) is 7.53. The lowest BCUT2D eigenvalue weighted by atomic mass is 10.1. The van der Waals surface area contributed by atoms with Crippen LogP contribution in [-0.2, 0) is 9.84 Å². The zero-order chi connectivity index (χ0) is 17.9. The molecular weight excluding hydrogens is 365 g/mol. The normalized spacial score (nSPS) is 19.5. The van der Waals surface area contributed by atoms with E-state index >= 15 is 0 Å². The van der Waals surface area contributed by atoms with E-state index in [4.69, 9.17) is 0 Å². The minimum absolute atomic E-state index is 0.140. The van der Waals surface area contributed by atoms with Gasteiger partial charge < -0.3 is 10.6 Å². The molecule has 0 aliphatic carbocycles. The van der Waals surface area contributed by atoms with E-state index in [1.165, 1.54) is 12.1 Å². The molecule has 1 fully saturated rings. The molecule has 1 saturated heterocycles. The molecule has 1 amide bonds. The minimum atomic E-state index is -3.08. The maximum absolute atomic E-state index is 13.0. The molecule has 6 nitrogen and oxygen atoms in total. The minimum Gasteiger partial charge on any atom is -0.351 e. The second kappa shape index (κ2) is 7.59. The Morgan fingerprint density at radius 3 is 2.84 bits per heavy atom. The molecule has 1 aromatic heterocycles. The zero-order valence-corrected chi connectivity index (χ0v) is 15.0. The van der Waals surface area contributed by atoms with Crippen LogP contribution in [0.1, 0.15) is 16.1 Å². The fraction of sp³-hybridized carbons (Fsp3) is 0.375. The van der Waals surface area contributed by atoms with Gasteiger partial charge in [-0.2, -0.15) is 4.37 Å². The summed E-state index contributed by atoms with van der Waals surface area (Å²) in [5.41, 5.74) is 1.34. The lowest BCUT2D eigenvalue weighted by Crippen LogP contribution is -2.45. The Bertz CT molecular complexity index is 850. The first-order valence-corrected chi connectivity index (χ1v) is 10.4. The number of nitrogens with one attached hydrogen (secondary N) is 2. The van der Waals surface area contributed by atoms with Crippen molar-refractivity contribution >= 4 is 27.3 Å². The summed E-state index contributed by atoms with van der Waals surface area (Å²) in [4.78, 5) is 12.6. The molecule has 134 valence electrons. The molecule has 2 aromatic rings. The van der Waals surface area contributed by atoms with Gasteiger partial charge in [0.25, 0.3) is 5.91 Å². The Morgan fingerprint density at radius 2 is 2.12 bits per heavy atom. The third-order valence-electron chi connectivity index (χ3n) is 4.07. The number of hydrogen-bond donors (Lipinski definition) is 2. The summed E-state index contributed by atoms with van der Waals surface area (Å²) in [5.74, 6) is -0.474. The summed E-state index contributed by atoms with van der Waals surface area (Å²) >= 11 is 1.06. The summed E-state index contributed by atoms with van der Waals surface area (Å²) in [6.45, 7) is 1.19. The number of aromatic nitrogens is 1. The Labute approximate surface area is 149 Å². The van der Waals surface area contributed by atoms with Crippen LogP contribution in [0.25, 0.3) is 11.3 Å². The van der Waals surface area contributed by atoms with Crippen LogP contribution in [0.4, 0.5) is 4.39 Å². The first-order chi connectivity index (χ1) is 12.0. The smallest absolute Gasteiger partial charge is 0.263 e. The molecule has 25 heavy (non-hydrogen) atoms. The van der Waals surface area contributed by atoms with Crippen LogP contribution in [0.2, 0.25) is 0 Å². The van der Waals surface area contributed by atoms with E-state index in [9.17, 15) is 17.6 Å². The molecule has 0 saturated carbocycles. The average Bonchev–Trinajstić information content (AvgIpc) is 3.07. The van der Waals surface area contributed by atoms with E-state index in [1.54, 1.807) is 18.2 Å². The molecule has 1 aliphatic heterocycles. The highest BCUT2D eigenvalue weighted by Crippen LogP contribution is 2.22. The van der Waals surface area contributed by atoms with Crippen molar-refractivity contribution in [1.82, 2.24) is 15.0 Å². The number of rotatable bonds is 5. The van der Waals surface area contributed by atoms with Crippen molar-refractivity contribution in [1.29, 1.82) is 0 Å². The van der Waals surface area contributed by atoms with Crippen molar-refractivity contribution in [2.24, 2.45) is 0 Å². The highest BCUT2D eigenvalue weighted by atomic mass is 32.2. The van der Waals surface area contributed by atoms with Crippen LogP contribution in [0, 0.1) is 5.82 Å². The topological polar surface area (TPSA) is 88.2 Å². The van der Waals surface area contributed by atoms with Crippen molar-refractivity contribution in [2.75, 3.05) is 25.4 Å². The van der Waals surface area contributed by atoms with Gasteiger partial charge in [0.15, 0.2) is 9.84 Å². The van der Waals surface area contributed by atoms with Gasteiger partial charge in [-0.05, 0) is 48.3 Å². The van der Waals surface area contributed by atoms with Crippen molar-refractivity contribution < 1.29 is 17.6 Å². The zero-order valence-electron chi connectivity index (χ0n) is 13.4. The molecule has 1 unspecified atom stereocenters.